The van der Waals surface area contributed by atoms with Gasteiger partial charge in [0.2, 0.25) is 5.91 Å². The molecule has 0 saturated carbocycles. The molecule has 7 nitrogen and oxygen atoms in total. The lowest BCUT2D eigenvalue weighted by molar-refractivity contribution is -0.115. The Balaban J connectivity index is 1.58. The Hall–Kier alpha value is -3.39. The maximum atomic E-state index is 12.4. The van der Waals surface area contributed by atoms with Gasteiger partial charge in [-0.15, -0.1) is 0 Å². The second kappa shape index (κ2) is 9.41. The van der Waals surface area contributed by atoms with Crippen molar-refractivity contribution in [2.75, 3.05) is 17.2 Å². The van der Waals surface area contributed by atoms with Gasteiger partial charge < -0.3 is 20.4 Å². The van der Waals surface area contributed by atoms with Crippen LogP contribution in [-0.2, 0) is 4.79 Å². The quantitative estimate of drug-likeness (QED) is 0.501. The monoisotopic (exact) mass is 469 g/mol. The topological polar surface area (TPSA) is 100 Å². The van der Waals surface area contributed by atoms with Crippen LogP contribution in [0.4, 0.5) is 11.4 Å². The Labute approximate surface area is 182 Å². The lowest BCUT2D eigenvalue weighted by Crippen LogP contribution is -2.33. The summed E-state index contributed by atoms with van der Waals surface area (Å²) in [6.07, 6.45) is 0. The number of furan rings is 1. The normalized spacial score (nSPS) is 10.4. The van der Waals surface area contributed by atoms with E-state index in [-0.39, 0.29) is 18.2 Å². The number of hydrogen-bond donors (Lipinski definition) is 3. The highest BCUT2D eigenvalue weighted by Crippen LogP contribution is 2.19. The smallest absolute Gasteiger partial charge is 0.291 e. The summed E-state index contributed by atoms with van der Waals surface area (Å²) < 4.78 is 5.65. The molecule has 154 valence electrons. The van der Waals surface area contributed by atoms with E-state index in [2.05, 4.69) is 31.9 Å². The first-order valence-corrected chi connectivity index (χ1v) is 9.94. The lowest BCUT2D eigenvalue weighted by atomic mass is 10.1. The lowest BCUT2D eigenvalue weighted by Gasteiger charge is -2.12. The molecule has 8 heteroatoms. The number of carbonyl (C=O) groups excluding carboxylic acids is 3. The molecular formula is C22H20BrN3O4. The third kappa shape index (κ3) is 5.36. The molecule has 1 heterocycles. The number of benzene rings is 2. The van der Waals surface area contributed by atoms with Gasteiger partial charge >= 0.3 is 0 Å². The second-order valence-corrected chi connectivity index (χ2v) is 7.42. The van der Waals surface area contributed by atoms with Gasteiger partial charge in [0.1, 0.15) is 0 Å². The molecule has 3 N–H and O–H groups in total. The summed E-state index contributed by atoms with van der Waals surface area (Å²) in [5, 5.41) is 8.07. The van der Waals surface area contributed by atoms with Crippen LogP contribution in [0.5, 0.6) is 0 Å². The maximum absolute atomic E-state index is 12.4. The van der Waals surface area contributed by atoms with E-state index in [4.69, 9.17) is 4.42 Å². The average molecular weight is 470 g/mol. The molecule has 0 unspecified atom stereocenters. The van der Waals surface area contributed by atoms with Gasteiger partial charge in [-0.25, -0.2) is 0 Å². The van der Waals surface area contributed by atoms with Crippen LogP contribution in [0.3, 0.4) is 0 Å². The van der Waals surface area contributed by atoms with Gasteiger partial charge in [-0.2, -0.15) is 0 Å². The number of para-hydroxylation sites is 1. The summed E-state index contributed by atoms with van der Waals surface area (Å²) in [4.78, 5) is 36.8. The summed E-state index contributed by atoms with van der Waals surface area (Å²) in [5.74, 6) is -1.05. The van der Waals surface area contributed by atoms with Crippen LogP contribution in [-0.4, -0.2) is 24.3 Å². The predicted molar refractivity (Wildman–Crippen MR) is 118 cm³/mol. The molecular weight excluding hydrogens is 450 g/mol. The van der Waals surface area contributed by atoms with Crippen molar-refractivity contribution in [2.24, 2.45) is 0 Å². The van der Waals surface area contributed by atoms with Crippen molar-refractivity contribution >= 4 is 45.0 Å². The molecule has 0 spiro atoms. The van der Waals surface area contributed by atoms with Crippen LogP contribution in [0.1, 0.15) is 32.0 Å². The third-order valence-corrected chi connectivity index (χ3v) is 4.76. The molecule has 0 aliphatic rings. The van der Waals surface area contributed by atoms with Gasteiger partial charge in [-0.3, -0.25) is 14.4 Å². The van der Waals surface area contributed by atoms with Crippen LogP contribution in [0, 0.1) is 13.8 Å². The summed E-state index contributed by atoms with van der Waals surface area (Å²) in [6, 6.07) is 15.3. The Bertz CT molecular complexity index is 1090. The Morgan fingerprint density at radius 1 is 0.900 bits per heavy atom. The first-order valence-electron chi connectivity index (χ1n) is 9.14. The first kappa shape index (κ1) is 21.3. The molecule has 0 bridgehead atoms. The van der Waals surface area contributed by atoms with E-state index in [0.717, 1.165) is 16.8 Å². The minimum atomic E-state index is -0.439. The molecule has 1 aromatic heterocycles. The van der Waals surface area contributed by atoms with Crippen molar-refractivity contribution in [2.45, 2.75) is 13.8 Å². The minimum absolute atomic E-state index is 0.139. The van der Waals surface area contributed by atoms with Gasteiger partial charge in [0.15, 0.2) is 10.4 Å². The number of nitrogens with one attached hydrogen (secondary N) is 3. The number of amides is 3. The predicted octanol–water partition coefficient (Wildman–Crippen LogP) is 4.28. The highest BCUT2D eigenvalue weighted by atomic mass is 79.9. The van der Waals surface area contributed by atoms with Gasteiger partial charge in [0.05, 0.1) is 6.54 Å². The largest absolute Gasteiger partial charge is 0.444 e. The fourth-order valence-corrected chi connectivity index (χ4v) is 3.13. The van der Waals surface area contributed by atoms with Gasteiger partial charge in [-0.1, -0.05) is 24.3 Å². The van der Waals surface area contributed by atoms with E-state index in [9.17, 15) is 14.4 Å². The Morgan fingerprint density at radius 2 is 1.60 bits per heavy atom. The van der Waals surface area contributed by atoms with Crippen LogP contribution < -0.4 is 16.0 Å². The molecule has 3 amide bonds. The molecule has 0 fully saturated rings. The molecule has 0 atom stereocenters. The fourth-order valence-electron chi connectivity index (χ4n) is 2.83. The maximum Gasteiger partial charge on any atom is 0.291 e. The summed E-state index contributed by atoms with van der Waals surface area (Å²) >= 11 is 3.14. The van der Waals surface area contributed by atoms with Crippen molar-refractivity contribution in [1.29, 1.82) is 0 Å². The van der Waals surface area contributed by atoms with Crippen molar-refractivity contribution in [3.05, 3.63) is 81.7 Å². The zero-order valence-corrected chi connectivity index (χ0v) is 18.0. The number of halogens is 1. The van der Waals surface area contributed by atoms with E-state index in [1.54, 1.807) is 24.3 Å². The SMILES string of the molecule is Cc1cccc(C)c1NC(=O)CNC(=O)c1cccc(NC(=O)c2ccc(Br)o2)c1. The number of anilines is 2. The van der Waals surface area contributed by atoms with Crippen molar-refractivity contribution in [3.8, 4) is 0 Å². The van der Waals surface area contributed by atoms with Crippen LogP contribution in [0.2, 0.25) is 0 Å². The van der Waals surface area contributed by atoms with Crippen LogP contribution in [0.15, 0.2) is 63.7 Å². The van der Waals surface area contributed by atoms with E-state index in [1.165, 1.54) is 12.1 Å². The van der Waals surface area contributed by atoms with Gasteiger partial charge in [0, 0.05) is 16.9 Å². The molecule has 0 aliphatic carbocycles. The zero-order valence-electron chi connectivity index (χ0n) is 16.4. The highest BCUT2D eigenvalue weighted by molar-refractivity contribution is 9.10. The Kier molecular flexibility index (Phi) is 6.68. The van der Waals surface area contributed by atoms with Gasteiger partial charge in [0.25, 0.3) is 11.8 Å². The number of aryl methyl sites for hydroxylation is 2. The van der Waals surface area contributed by atoms with E-state index in [1.807, 2.05) is 32.0 Å². The van der Waals surface area contributed by atoms with Gasteiger partial charge in [-0.05, 0) is 71.2 Å². The third-order valence-electron chi connectivity index (χ3n) is 4.33. The molecule has 30 heavy (non-hydrogen) atoms. The number of carbonyl (C=O) groups is 3. The average Bonchev–Trinajstić information content (AvgIpc) is 3.16. The highest BCUT2D eigenvalue weighted by Gasteiger charge is 2.13. The minimum Gasteiger partial charge on any atom is -0.444 e. The molecule has 0 aliphatic heterocycles. The summed E-state index contributed by atoms with van der Waals surface area (Å²) in [5.41, 5.74) is 3.38. The van der Waals surface area contributed by atoms with E-state index >= 15 is 0 Å². The molecule has 0 radical (unpaired) electrons. The van der Waals surface area contributed by atoms with Crippen LogP contribution in [0.25, 0.3) is 0 Å². The first-order chi connectivity index (χ1) is 14.3. The fraction of sp³-hybridized carbons (Fsp3) is 0.136. The number of rotatable bonds is 6. The molecule has 2 aromatic carbocycles. The summed E-state index contributed by atoms with van der Waals surface area (Å²) in [6.45, 7) is 3.63. The second-order valence-electron chi connectivity index (χ2n) is 6.64. The van der Waals surface area contributed by atoms with Crippen LogP contribution >= 0.6 is 15.9 Å². The zero-order chi connectivity index (χ0) is 21.7. The summed E-state index contributed by atoms with van der Waals surface area (Å²) in [7, 11) is 0. The van der Waals surface area contributed by atoms with Crippen molar-refractivity contribution in [3.63, 3.8) is 0 Å². The standard InChI is InChI=1S/C22H20BrN3O4/c1-13-5-3-6-14(2)20(13)26-19(27)12-24-21(28)15-7-4-8-16(11-15)25-22(29)17-9-10-18(23)30-17/h3-11H,12H2,1-2H3,(H,24,28)(H,25,29)(H,26,27). The molecule has 3 aromatic rings. The number of hydrogen-bond acceptors (Lipinski definition) is 4. The van der Waals surface area contributed by atoms with Crippen molar-refractivity contribution in [1.82, 2.24) is 5.32 Å². The van der Waals surface area contributed by atoms with E-state index < -0.39 is 11.8 Å². The Morgan fingerprint density at radius 3 is 2.27 bits per heavy atom. The van der Waals surface area contributed by atoms with Crippen molar-refractivity contribution < 1.29 is 18.8 Å². The molecule has 3 rings (SSSR count). The molecule has 0 saturated heterocycles. The van der Waals surface area contributed by atoms with E-state index in [0.29, 0.717) is 15.9 Å².